The third kappa shape index (κ3) is 4.05. The molecule has 0 spiro atoms. The van der Waals surface area contributed by atoms with Crippen LogP contribution >= 0.6 is 0 Å². The predicted molar refractivity (Wildman–Crippen MR) is 84.3 cm³/mol. The number of ether oxygens (including phenoxy) is 1. The molecular formula is C18H22FNO. The first-order chi connectivity index (χ1) is 10.1. The molecule has 0 fully saturated rings. The summed E-state index contributed by atoms with van der Waals surface area (Å²) in [5.74, 6) is 0.314. The van der Waals surface area contributed by atoms with E-state index in [1.165, 1.54) is 24.3 Å². The normalized spacial score (nSPS) is 12.2. The third-order valence-electron chi connectivity index (χ3n) is 3.78. The van der Waals surface area contributed by atoms with Gasteiger partial charge in [0.2, 0.25) is 0 Å². The first-order valence-electron chi connectivity index (χ1n) is 7.23. The first kappa shape index (κ1) is 15.5. The molecule has 2 aromatic rings. The highest BCUT2D eigenvalue weighted by Crippen LogP contribution is 2.21. The fraction of sp³-hybridized carbons (Fsp3) is 0.333. The SMILES string of the molecule is COc1ccc(C(C)NCCc2ccccc2C)c(F)c1. The van der Waals surface area contributed by atoms with Gasteiger partial charge in [-0.15, -0.1) is 0 Å². The van der Waals surface area contributed by atoms with Gasteiger partial charge in [-0.1, -0.05) is 30.3 Å². The van der Waals surface area contributed by atoms with Gasteiger partial charge in [-0.25, -0.2) is 4.39 Å². The minimum Gasteiger partial charge on any atom is -0.497 e. The van der Waals surface area contributed by atoms with Crippen molar-refractivity contribution in [2.45, 2.75) is 26.3 Å². The van der Waals surface area contributed by atoms with E-state index in [2.05, 4.69) is 30.4 Å². The van der Waals surface area contributed by atoms with Crippen LogP contribution in [-0.2, 0) is 6.42 Å². The second-order valence-electron chi connectivity index (χ2n) is 5.24. The number of aryl methyl sites for hydroxylation is 1. The molecule has 2 rings (SSSR count). The van der Waals surface area contributed by atoms with Gasteiger partial charge in [-0.05, 0) is 44.0 Å². The van der Waals surface area contributed by atoms with Gasteiger partial charge in [0, 0.05) is 17.7 Å². The van der Waals surface area contributed by atoms with Gasteiger partial charge in [-0.2, -0.15) is 0 Å². The fourth-order valence-corrected chi connectivity index (χ4v) is 2.41. The highest BCUT2D eigenvalue weighted by molar-refractivity contribution is 5.30. The lowest BCUT2D eigenvalue weighted by Gasteiger charge is -2.16. The molecule has 0 bridgehead atoms. The summed E-state index contributed by atoms with van der Waals surface area (Å²) in [4.78, 5) is 0. The number of benzene rings is 2. The zero-order valence-corrected chi connectivity index (χ0v) is 12.8. The van der Waals surface area contributed by atoms with E-state index in [1.807, 2.05) is 13.0 Å². The van der Waals surface area contributed by atoms with E-state index in [0.717, 1.165) is 13.0 Å². The molecule has 0 aromatic heterocycles. The highest BCUT2D eigenvalue weighted by Gasteiger charge is 2.11. The third-order valence-corrected chi connectivity index (χ3v) is 3.78. The molecule has 0 saturated carbocycles. The van der Waals surface area contributed by atoms with Gasteiger partial charge in [0.15, 0.2) is 0 Å². The van der Waals surface area contributed by atoms with E-state index in [0.29, 0.717) is 11.3 Å². The number of methoxy groups -OCH3 is 1. The van der Waals surface area contributed by atoms with Crippen LogP contribution < -0.4 is 10.1 Å². The van der Waals surface area contributed by atoms with Crippen molar-refractivity contribution in [1.82, 2.24) is 5.32 Å². The molecule has 0 aliphatic carbocycles. The van der Waals surface area contributed by atoms with Crippen LogP contribution in [0.3, 0.4) is 0 Å². The Morgan fingerprint density at radius 2 is 1.95 bits per heavy atom. The monoisotopic (exact) mass is 287 g/mol. The maximum atomic E-state index is 14.0. The summed E-state index contributed by atoms with van der Waals surface area (Å²) in [6, 6.07) is 13.3. The Kier molecular flexibility index (Phi) is 5.34. The molecule has 0 aliphatic rings. The number of nitrogens with one attached hydrogen (secondary N) is 1. The van der Waals surface area contributed by atoms with Crippen LogP contribution in [0.4, 0.5) is 4.39 Å². The van der Waals surface area contributed by atoms with Crippen LogP contribution in [-0.4, -0.2) is 13.7 Å². The molecule has 0 saturated heterocycles. The van der Waals surface area contributed by atoms with E-state index in [9.17, 15) is 4.39 Å². The Hall–Kier alpha value is -1.87. The number of halogens is 1. The molecule has 0 radical (unpaired) electrons. The first-order valence-corrected chi connectivity index (χ1v) is 7.23. The second-order valence-corrected chi connectivity index (χ2v) is 5.24. The maximum Gasteiger partial charge on any atom is 0.131 e. The maximum absolute atomic E-state index is 14.0. The summed E-state index contributed by atoms with van der Waals surface area (Å²) in [5, 5.41) is 3.37. The van der Waals surface area contributed by atoms with Gasteiger partial charge in [0.05, 0.1) is 7.11 Å². The molecule has 0 heterocycles. The molecule has 1 N–H and O–H groups in total. The number of hydrogen-bond acceptors (Lipinski definition) is 2. The van der Waals surface area contributed by atoms with Crippen LogP contribution in [0.2, 0.25) is 0 Å². The van der Waals surface area contributed by atoms with Crippen molar-refractivity contribution in [2.75, 3.05) is 13.7 Å². The van der Waals surface area contributed by atoms with Crippen molar-refractivity contribution in [1.29, 1.82) is 0 Å². The van der Waals surface area contributed by atoms with Crippen molar-refractivity contribution >= 4 is 0 Å². The number of rotatable bonds is 6. The molecule has 1 atom stereocenters. The number of hydrogen-bond donors (Lipinski definition) is 1. The molecule has 2 aromatic carbocycles. The van der Waals surface area contributed by atoms with Crippen molar-refractivity contribution < 1.29 is 9.13 Å². The van der Waals surface area contributed by atoms with E-state index >= 15 is 0 Å². The standard InChI is InChI=1S/C18H22FNO/c1-13-6-4-5-7-15(13)10-11-20-14(2)17-9-8-16(21-3)12-18(17)19/h4-9,12,14,20H,10-11H2,1-3H3. The summed E-state index contributed by atoms with van der Waals surface area (Å²) < 4.78 is 19.0. The summed E-state index contributed by atoms with van der Waals surface area (Å²) in [6.07, 6.45) is 0.939. The Bertz CT molecular complexity index is 598. The van der Waals surface area contributed by atoms with E-state index in [-0.39, 0.29) is 11.9 Å². The second kappa shape index (κ2) is 7.23. The van der Waals surface area contributed by atoms with Crippen LogP contribution in [0.15, 0.2) is 42.5 Å². The van der Waals surface area contributed by atoms with Crippen LogP contribution in [0.5, 0.6) is 5.75 Å². The van der Waals surface area contributed by atoms with Crippen molar-refractivity contribution in [3.05, 3.63) is 65.0 Å². The average molecular weight is 287 g/mol. The van der Waals surface area contributed by atoms with Crippen LogP contribution in [0.1, 0.15) is 29.7 Å². The van der Waals surface area contributed by atoms with Gasteiger partial charge in [-0.3, -0.25) is 0 Å². The topological polar surface area (TPSA) is 21.3 Å². The van der Waals surface area contributed by atoms with E-state index in [4.69, 9.17) is 4.74 Å². The molecular weight excluding hydrogens is 265 g/mol. The minimum atomic E-state index is -0.231. The molecule has 0 aliphatic heterocycles. The Morgan fingerprint density at radius 1 is 1.19 bits per heavy atom. The highest BCUT2D eigenvalue weighted by atomic mass is 19.1. The van der Waals surface area contributed by atoms with Gasteiger partial charge >= 0.3 is 0 Å². The van der Waals surface area contributed by atoms with E-state index in [1.54, 1.807) is 12.1 Å². The lowest BCUT2D eigenvalue weighted by molar-refractivity contribution is 0.409. The summed E-state index contributed by atoms with van der Waals surface area (Å²) in [6.45, 7) is 4.90. The zero-order chi connectivity index (χ0) is 15.2. The molecule has 112 valence electrons. The summed E-state index contributed by atoms with van der Waals surface area (Å²) >= 11 is 0. The molecule has 3 heteroatoms. The van der Waals surface area contributed by atoms with Crippen molar-refractivity contribution in [3.8, 4) is 5.75 Å². The van der Waals surface area contributed by atoms with Crippen LogP contribution in [0, 0.1) is 12.7 Å². The van der Waals surface area contributed by atoms with Crippen molar-refractivity contribution in [3.63, 3.8) is 0 Å². The van der Waals surface area contributed by atoms with Gasteiger partial charge in [0.25, 0.3) is 0 Å². The summed E-state index contributed by atoms with van der Waals surface area (Å²) in [7, 11) is 1.54. The molecule has 2 nitrogen and oxygen atoms in total. The quantitative estimate of drug-likeness (QED) is 0.866. The zero-order valence-electron chi connectivity index (χ0n) is 12.8. The van der Waals surface area contributed by atoms with E-state index < -0.39 is 0 Å². The largest absolute Gasteiger partial charge is 0.497 e. The Morgan fingerprint density at radius 3 is 2.62 bits per heavy atom. The Balaban J connectivity index is 1.93. The molecule has 1 unspecified atom stereocenters. The lowest BCUT2D eigenvalue weighted by atomic mass is 10.0. The van der Waals surface area contributed by atoms with Crippen molar-refractivity contribution in [2.24, 2.45) is 0 Å². The average Bonchev–Trinajstić information content (AvgIpc) is 2.48. The van der Waals surface area contributed by atoms with Gasteiger partial charge in [0.1, 0.15) is 11.6 Å². The molecule has 21 heavy (non-hydrogen) atoms. The lowest BCUT2D eigenvalue weighted by Crippen LogP contribution is -2.22. The summed E-state index contributed by atoms with van der Waals surface area (Å²) in [5.41, 5.74) is 3.29. The van der Waals surface area contributed by atoms with Crippen LogP contribution in [0.25, 0.3) is 0 Å². The van der Waals surface area contributed by atoms with Gasteiger partial charge < -0.3 is 10.1 Å². The smallest absolute Gasteiger partial charge is 0.131 e. The minimum absolute atomic E-state index is 0.0278. The molecule has 0 amide bonds. The predicted octanol–water partition coefficient (Wildman–Crippen LogP) is 4.04. The Labute approximate surface area is 126 Å². The fourth-order valence-electron chi connectivity index (χ4n) is 2.41.